The number of fused-ring (bicyclic) bond motifs is 1. The quantitative estimate of drug-likeness (QED) is 0.648. The van der Waals surface area contributed by atoms with E-state index < -0.39 is 0 Å². The maximum absolute atomic E-state index is 6.00. The average Bonchev–Trinajstić information content (AvgIpc) is 2.95. The Kier molecular flexibility index (Phi) is 3.33. The van der Waals surface area contributed by atoms with Crippen molar-refractivity contribution in [2.75, 3.05) is 0 Å². The van der Waals surface area contributed by atoms with Crippen LogP contribution in [-0.4, -0.2) is 9.38 Å². The van der Waals surface area contributed by atoms with Crippen LogP contribution in [0.15, 0.2) is 29.8 Å². The highest BCUT2D eigenvalue weighted by Gasteiger charge is 2.15. The lowest BCUT2D eigenvalue weighted by Gasteiger charge is -2.09. The lowest BCUT2D eigenvalue weighted by atomic mass is 10.1. The zero-order valence-electron chi connectivity index (χ0n) is 10.7. The molecule has 5 heteroatoms. The van der Waals surface area contributed by atoms with Crippen molar-refractivity contribution in [1.82, 2.24) is 9.38 Å². The molecule has 0 unspecified atom stereocenters. The first-order valence-corrected chi connectivity index (χ1v) is 7.95. The molecule has 0 aliphatic carbocycles. The molecular weight excluding hydrogens is 324 g/mol. The van der Waals surface area contributed by atoms with E-state index in [4.69, 9.17) is 4.74 Å². The topological polar surface area (TPSA) is 26.5 Å². The summed E-state index contributed by atoms with van der Waals surface area (Å²) in [5.41, 5.74) is 3.41. The number of alkyl halides is 1. The van der Waals surface area contributed by atoms with Crippen molar-refractivity contribution in [3.63, 3.8) is 0 Å². The summed E-state index contributed by atoms with van der Waals surface area (Å²) in [6.45, 7) is 4.15. The lowest BCUT2D eigenvalue weighted by molar-refractivity contribution is 0.458. The van der Waals surface area contributed by atoms with Gasteiger partial charge in [0, 0.05) is 16.9 Å². The fourth-order valence-electron chi connectivity index (χ4n) is 1.95. The Bertz CT molecular complexity index is 732. The molecule has 2 heterocycles. The van der Waals surface area contributed by atoms with Gasteiger partial charge in [0.2, 0.25) is 5.88 Å². The number of hydrogen-bond donors (Lipinski definition) is 0. The van der Waals surface area contributed by atoms with Crippen LogP contribution in [0.5, 0.6) is 11.6 Å². The fraction of sp³-hybridized carbons (Fsp3) is 0.214. The van der Waals surface area contributed by atoms with Gasteiger partial charge in [-0.25, -0.2) is 0 Å². The average molecular weight is 337 g/mol. The number of thiazole rings is 1. The molecule has 0 atom stereocenters. The van der Waals surface area contributed by atoms with Crippen LogP contribution in [0, 0.1) is 13.8 Å². The van der Waals surface area contributed by atoms with E-state index in [1.807, 2.05) is 23.7 Å². The Morgan fingerprint density at radius 3 is 3.00 bits per heavy atom. The number of nitrogens with zero attached hydrogens (tertiary/aromatic N) is 2. The van der Waals surface area contributed by atoms with Crippen molar-refractivity contribution in [2.45, 2.75) is 19.2 Å². The number of benzene rings is 1. The zero-order chi connectivity index (χ0) is 13.4. The van der Waals surface area contributed by atoms with Gasteiger partial charge in [-0.15, -0.1) is 11.3 Å². The van der Waals surface area contributed by atoms with Crippen molar-refractivity contribution in [3.8, 4) is 11.6 Å². The van der Waals surface area contributed by atoms with E-state index >= 15 is 0 Å². The number of imidazole rings is 1. The van der Waals surface area contributed by atoms with Gasteiger partial charge in [0.1, 0.15) is 5.75 Å². The summed E-state index contributed by atoms with van der Waals surface area (Å²) < 4.78 is 8.06. The second-order valence-electron chi connectivity index (χ2n) is 4.35. The summed E-state index contributed by atoms with van der Waals surface area (Å²) >= 11 is 5.11. The molecule has 0 saturated heterocycles. The van der Waals surface area contributed by atoms with Gasteiger partial charge in [0.15, 0.2) is 4.96 Å². The summed E-state index contributed by atoms with van der Waals surface area (Å²) in [6.07, 6.45) is 2.01. The highest BCUT2D eigenvalue weighted by molar-refractivity contribution is 9.08. The van der Waals surface area contributed by atoms with E-state index in [0.29, 0.717) is 11.2 Å². The Labute approximate surface area is 124 Å². The zero-order valence-corrected chi connectivity index (χ0v) is 13.1. The molecule has 0 radical (unpaired) electrons. The third-order valence-corrected chi connectivity index (χ3v) is 4.50. The largest absolute Gasteiger partial charge is 0.437 e. The van der Waals surface area contributed by atoms with Gasteiger partial charge in [-0.3, -0.25) is 4.40 Å². The summed E-state index contributed by atoms with van der Waals surface area (Å²) in [7, 11) is 0. The van der Waals surface area contributed by atoms with E-state index in [1.54, 1.807) is 11.3 Å². The van der Waals surface area contributed by atoms with Gasteiger partial charge in [0.05, 0.1) is 5.69 Å². The molecule has 0 fully saturated rings. The molecule has 0 spiro atoms. The van der Waals surface area contributed by atoms with E-state index in [-0.39, 0.29) is 0 Å². The minimum atomic E-state index is 0.678. The number of aromatic nitrogens is 2. The number of ether oxygens (including phenoxy) is 1. The smallest absolute Gasteiger partial charge is 0.243 e. The van der Waals surface area contributed by atoms with Crippen molar-refractivity contribution in [3.05, 3.63) is 46.6 Å². The van der Waals surface area contributed by atoms with Crippen molar-refractivity contribution in [1.29, 1.82) is 0 Å². The van der Waals surface area contributed by atoms with E-state index in [2.05, 4.69) is 45.2 Å². The first-order chi connectivity index (χ1) is 9.20. The van der Waals surface area contributed by atoms with Crippen molar-refractivity contribution in [2.24, 2.45) is 0 Å². The second kappa shape index (κ2) is 4.98. The highest BCUT2D eigenvalue weighted by atomic mass is 79.9. The maximum atomic E-state index is 6.00. The summed E-state index contributed by atoms with van der Waals surface area (Å²) in [6, 6.07) is 6.07. The van der Waals surface area contributed by atoms with Crippen LogP contribution < -0.4 is 4.74 Å². The predicted molar refractivity (Wildman–Crippen MR) is 81.7 cm³/mol. The molecule has 0 amide bonds. The van der Waals surface area contributed by atoms with Crippen LogP contribution in [0.2, 0.25) is 0 Å². The van der Waals surface area contributed by atoms with Crippen molar-refractivity contribution < 1.29 is 4.74 Å². The second-order valence-corrected chi connectivity index (χ2v) is 5.79. The number of rotatable bonds is 3. The maximum Gasteiger partial charge on any atom is 0.243 e. The third kappa shape index (κ3) is 2.17. The number of hydrogen-bond acceptors (Lipinski definition) is 3. The predicted octanol–water partition coefficient (Wildman–Crippen LogP) is 4.70. The molecule has 3 rings (SSSR count). The van der Waals surface area contributed by atoms with Crippen LogP contribution in [0.4, 0.5) is 0 Å². The Hall–Kier alpha value is -1.33. The molecule has 3 aromatic rings. The van der Waals surface area contributed by atoms with E-state index in [1.165, 1.54) is 5.56 Å². The highest BCUT2D eigenvalue weighted by Crippen LogP contribution is 2.31. The lowest BCUT2D eigenvalue weighted by Crippen LogP contribution is -1.93. The molecule has 0 bridgehead atoms. The molecule has 0 aliphatic rings. The molecular formula is C14H13BrN2OS. The van der Waals surface area contributed by atoms with Crippen LogP contribution >= 0.6 is 27.3 Å². The first kappa shape index (κ1) is 12.7. The first-order valence-electron chi connectivity index (χ1n) is 5.95. The van der Waals surface area contributed by atoms with Crippen LogP contribution in [0.3, 0.4) is 0 Å². The normalized spacial score (nSPS) is 11.1. The molecule has 19 heavy (non-hydrogen) atoms. The minimum absolute atomic E-state index is 0.678. The van der Waals surface area contributed by atoms with Crippen LogP contribution in [0.25, 0.3) is 4.96 Å². The third-order valence-electron chi connectivity index (χ3n) is 3.21. The standard InChI is InChI=1S/C14H13BrN2OS/c1-9-4-3-5-12(10(9)2)18-13-11(8-15)17-6-7-19-14(17)16-13/h3-7H,8H2,1-2H3. The molecule has 0 N–H and O–H groups in total. The molecule has 98 valence electrons. The summed E-state index contributed by atoms with van der Waals surface area (Å²) in [5, 5.41) is 2.74. The van der Waals surface area contributed by atoms with Gasteiger partial charge in [-0.1, -0.05) is 28.1 Å². The van der Waals surface area contributed by atoms with Gasteiger partial charge < -0.3 is 4.74 Å². The molecule has 0 aliphatic heterocycles. The van der Waals surface area contributed by atoms with Gasteiger partial charge >= 0.3 is 0 Å². The Morgan fingerprint density at radius 1 is 1.37 bits per heavy atom. The number of aryl methyl sites for hydroxylation is 1. The van der Waals surface area contributed by atoms with Crippen molar-refractivity contribution >= 4 is 32.2 Å². The Morgan fingerprint density at radius 2 is 2.21 bits per heavy atom. The van der Waals surface area contributed by atoms with Gasteiger partial charge in [-0.2, -0.15) is 4.98 Å². The summed E-state index contributed by atoms with van der Waals surface area (Å²) in [5.74, 6) is 1.55. The van der Waals surface area contributed by atoms with Crippen LogP contribution in [0.1, 0.15) is 16.8 Å². The molecule has 1 aromatic carbocycles. The molecule has 3 nitrogen and oxygen atoms in total. The SMILES string of the molecule is Cc1cccc(Oc2nc3sccn3c2CBr)c1C. The summed E-state index contributed by atoms with van der Waals surface area (Å²) in [4.78, 5) is 5.49. The van der Waals surface area contributed by atoms with Gasteiger partial charge in [0.25, 0.3) is 0 Å². The van der Waals surface area contributed by atoms with Gasteiger partial charge in [-0.05, 0) is 31.0 Å². The van der Waals surface area contributed by atoms with E-state index in [0.717, 1.165) is 22.0 Å². The minimum Gasteiger partial charge on any atom is -0.437 e. The molecule has 0 saturated carbocycles. The fourth-order valence-corrected chi connectivity index (χ4v) is 3.19. The Balaban J connectivity index is 2.05. The monoisotopic (exact) mass is 336 g/mol. The van der Waals surface area contributed by atoms with Crippen LogP contribution in [-0.2, 0) is 5.33 Å². The van der Waals surface area contributed by atoms with E-state index in [9.17, 15) is 0 Å². The number of halogens is 1. The molecule has 2 aromatic heterocycles.